The lowest BCUT2D eigenvalue weighted by molar-refractivity contribution is -0.152. The summed E-state index contributed by atoms with van der Waals surface area (Å²) in [6, 6.07) is 0.680. The summed E-state index contributed by atoms with van der Waals surface area (Å²) in [6.45, 7) is 18.0. The van der Waals surface area contributed by atoms with E-state index in [1.54, 1.807) is 6.08 Å². The number of hydrogen-bond acceptors (Lipinski definition) is 3. The van der Waals surface area contributed by atoms with E-state index in [4.69, 9.17) is 4.74 Å². The third-order valence-corrected chi connectivity index (χ3v) is 10.4. The van der Waals surface area contributed by atoms with E-state index in [0.717, 1.165) is 69.6 Å². The molecule has 1 fully saturated rings. The summed E-state index contributed by atoms with van der Waals surface area (Å²) in [4.78, 5) is 4.64. The molecule has 3 unspecified atom stereocenters. The molecular weight excluding hydrogens is 629 g/mol. The van der Waals surface area contributed by atoms with Gasteiger partial charge in [-0.25, -0.2) is 0 Å². The van der Waals surface area contributed by atoms with Crippen LogP contribution in [0.2, 0.25) is 0 Å². The van der Waals surface area contributed by atoms with Crippen molar-refractivity contribution >= 4 is 22.6 Å². The number of rotatable bonds is 14. The van der Waals surface area contributed by atoms with Crippen molar-refractivity contribution in [3.05, 3.63) is 59.5 Å². The van der Waals surface area contributed by atoms with Crippen LogP contribution in [0.1, 0.15) is 98.8 Å². The lowest BCUT2D eigenvalue weighted by Gasteiger charge is -2.51. The summed E-state index contributed by atoms with van der Waals surface area (Å²) in [5.41, 5.74) is 2.88. The van der Waals surface area contributed by atoms with Crippen LogP contribution in [0.25, 0.3) is 0 Å². The summed E-state index contributed by atoms with van der Waals surface area (Å²) < 4.78 is 32.9. The van der Waals surface area contributed by atoms with E-state index in [1.165, 1.54) is 41.9 Å². The first kappa shape index (κ1) is 34.5. The van der Waals surface area contributed by atoms with E-state index >= 15 is 8.78 Å². The van der Waals surface area contributed by atoms with Gasteiger partial charge < -0.3 is 14.5 Å². The Bertz CT molecular complexity index is 991. The van der Waals surface area contributed by atoms with Crippen molar-refractivity contribution in [2.75, 3.05) is 26.8 Å². The molecule has 6 heteroatoms. The zero-order chi connectivity index (χ0) is 30.2. The quantitative estimate of drug-likeness (QED) is 0.103. The molecule has 3 aliphatic rings. The highest BCUT2D eigenvalue weighted by Crippen LogP contribution is 2.47. The Labute approximate surface area is 263 Å². The average Bonchev–Trinajstić information content (AvgIpc) is 2.97. The van der Waals surface area contributed by atoms with Gasteiger partial charge in [0.1, 0.15) is 0 Å². The van der Waals surface area contributed by atoms with Gasteiger partial charge in [0.15, 0.2) is 0 Å². The Morgan fingerprint density at radius 1 is 1.22 bits per heavy atom. The van der Waals surface area contributed by atoms with Crippen LogP contribution in [-0.2, 0) is 4.74 Å². The van der Waals surface area contributed by atoms with Crippen molar-refractivity contribution in [3.63, 3.8) is 0 Å². The second-order valence-corrected chi connectivity index (χ2v) is 14.5. The summed E-state index contributed by atoms with van der Waals surface area (Å²) in [7, 11) is 2.20. The summed E-state index contributed by atoms with van der Waals surface area (Å²) in [5.74, 6) is 1.08. The van der Waals surface area contributed by atoms with Gasteiger partial charge in [-0.15, -0.1) is 0 Å². The topological polar surface area (TPSA) is 15.7 Å². The maximum absolute atomic E-state index is 15.0. The number of nitrogens with zero attached hydrogens (tertiary/aromatic N) is 2. The van der Waals surface area contributed by atoms with E-state index in [2.05, 4.69) is 69.3 Å². The maximum Gasteiger partial charge on any atom is 0.321 e. The van der Waals surface area contributed by atoms with Crippen molar-refractivity contribution in [2.24, 2.45) is 17.3 Å². The fraction of sp³-hybridized carbons (Fsp3) is 0.714. The number of hydrogen-bond donors (Lipinski definition) is 0. The number of unbranched alkanes of at least 4 members (excludes halogenated alkanes) is 1. The van der Waals surface area contributed by atoms with Crippen LogP contribution in [0.15, 0.2) is 59.5 Å². The SMILES string of the molecule is C=C1C\C=C(CCC[C@H](C)CCCC)/C=C(C(F)(F)I)\C(C)=C\N1C1CC=CC(C2(CC(C)N(C)CC)COC2)C1. The summed E-state index contributed by atoms with van der Waals surface area (Å²) >= 11 is 1.30. The first-order chi connectivity index (χ1) is 19.4. The highest BCUT2D eigenvalue weighted by atomic mass is 127. The molecule has 0 aromatic rings. The highest BCUT2D eigenvalue weighted by molar-refractivity contribution is 14.1. The average molecular weight is 685 g/mol. The lowest BCUT2D eigenvalue weighted by atomic mass is 9.65. The molecular formula is C35H55F2IN2O. The third-order valence-electron chi connectivity index (χ3n) is 9.79. The number of halogens is 3. The van der Waals surface area contributed by atoms with Gasteiger partial charge in [-0.05, 0) is 83.0 Å². The second-order valence-electron chi connectivity index (χ2n) is 13.1. The molecule has 4 atom stereocenters. The highest BCUT2D eigenvalue weighted by Gasteiger charge is 2.47. The van der Waals surface area contributed by atoms with E-state index in [-0.39, 0.29) is 17.0 Å². The van der Waals surface area contributed by atoms with E-state index in [9.17, 15) is 0 Å². The molecule has 3 nitrogen and oxygen atoms in total. The minimum Gasteiger partial charge on any atom is -0.380 e. The van der Waals surface area contributed by atoms with Gasteiger partial charge in [0.05, 0.1) is 13.2 Å². The van der Waals surface area contributed by atoms with Crippen LogP contribution in [0, 0.1) is 17.3 Å². The van der Waals surface area contributed by atoms with Gasteiger partial charge in [0, 0.05) is 64.0 Å². The van der Waals surface area contributed by atoms with Crippen LogP contribution in [0.3, 0.4) is 0 Å². The maximum atomic E-state index is 15.0. The van der Waals surface area contributed by atoms with Gasteiger partial charge in [0.25, 0.3) is 0 Å². The molecule has 1 saturated heterocycles. The monoisotopic (exact) mass is 684 g/mol. The lowest BCUT2D eigenvalue weighted by Crippen LogP contribution is -2.53. The molecule has 2 aliphatic heterocycles. The minimum absolute atomic E-state index is 0.117. The molecule has 0 spiro atoms. The van der Waals surface area contributed by atoms with Gasteiger partial charge in [-0.2, -0.15) is 8.78 Å². The number of ether oxygens (including phenoxy) is 1. The Kier molecular flexibility index (Phi) is 13.2. The first-order valence-corrected chi connectivity index (χ1v) is 17.1. The van der Waals surface area contributed by atoms with Crippen molar-refractivity contribution in [1.82, 2.24) is 9.80 Å². The zero-order valence-electron chi connectivity index (χ0n) is 26.5. The number of alkyl halides is 3. The van der Waals surface area contributed by atoms with Gasteiger partial charge in [-0.1, -0.05) is 76.8 Å². The Morgan fingerprint density at radius 2 is 1.93 bits per heavy atom. The predicted octanol–water partition coefficient (Wildman–Crippen LogP) is 10.1. The van der Waals surface area contributed by atoms with Gasteiger partial charge >= 0.3 is 3.93 Å². The van der Waals surface area contributed by atoms with Crippen LogP contribution < -0.4 is 0 Å². The molecule has 0 amide bonds. The fourth-order valence-corrected chi connectivity index (χ4v) is 7.31. The van der Waals surface area contributed by atoms with Crippen molar-refractivity contribution < 1.29 is 13.5 Å². The largest absolute Gasteiger partial charge is 0.380 e. The van der Waals surface area contributed by atoms with Gasteiger partial charge in [-0.3, -0.25) is 0 Å². The van der Waals surface area contributed by atoms with E-state index in [1.807, 2.05) is 13.1 Å². The molecule has 41 heavy (non-hydrogen) atoms. The molecule has 1 aliphatic carbocycles. The fourth-order valence-electron chi connectivity index (χ4n) is 6.73. The van der Waals surface area contributed by atoms with Crippen molar-refractivity contribution in [1.29, 1.82) is 0 Å². The second kappa shape index (κ2) is 15.7. The third kappa shape index (κ3) is 9.50. The summed E-state index contributed by atoms with van der Waals surface area (Å²) in [5, 5.41) is 0. The van der Waals surface area contributed by atoms with Crippen LogP contribution in [0.5, 0.6) is 0 Å². The Hall–Kier alpha value is -0.990. The Balaban J connectivity index is 1.80. The first-order valence-electron chi connectivity index (χ1n) is 16.0. The predicted molar refractivity (Wildman–Crippen MR) is 178 cm³/mol. The molecule has 0 radical (unpaired) electrons. The standard InChI is InChI=1S/C35H55F2IN2O/c1-8-10-13-26(3)14-11-15-30-19-18-28(5)40(23-27(4)33(20-30)35(36,37)38)32-17-12-16-31(21-32)34(24-41-25-34)22-29(6)39(7)9-2/h12,16,19-20,23,26,29,31-32H,5,8-11,13-15,17-18,21-22,24-25H2,1-4,6-7H3/b27-23+,30-19-,33-20+/t26-,29?,31?,32?/m1/s1. The van der Waals surface area contributed by atoms with Crippen molar-refractivity contribution in [3.8, 4) is 0 Å². The molecule has 0 N–H and O–H groups in total. The molecule has 0 aromatic carbocycles. The van der Waals surface area contributed by atoms with E-state index in [0.29, 0.717) is 29.9 Å². The molecule has 3 rings (SSSR count). The normalized spacial score (nSPS) is 28.8. The van der Waals surface area contributed by atoms with Crippen LogP contribution in [0.4, 0.5) is 8.78 Å². The van der Waals surface area contributed by atoms with E-state index < -0.39 is 3.93 Å². The smallest absolute Gasteiger partial charge is 0.321 e. The van der Waals surface area contributed by atoms with Gasteiger partial charge in [0.2, 0.25) is 0 Å². The van der Waals surface area contributed by atoms with Crippen LogP contribution >= 0.6 is 22.6 Å². The van der Waals surface area contributed by atoms with Crippen molar-refractivity contribution in [2.45, 2.75) is 115 Å². The molecule has 0 bridgehead atoms. The zero-order valence-corrected chi connectivity index (χ0v) is 28.7. The molecule has 0 saturated carbocycles. The number of allylic oxidation sites excluding steroid dienone is 6. The molecule has 2 heterocycles. The molecule has 232 valence electrons. The Morgan fingerprint density at radius 3 is 2.54 bits per heavy atom. The van der Waals surface area contributed by atoms with Crippen LogP contribution in [-0.4, -0.2) is 52.6 Å². The minimum atomic E-state index is -2.94. The molecule has 0 aromatic heterocycles. The summed E-state index contributed by atoms with van der Waals surface area (Å²) in [6.07, 6.45) is 21.0.